The van der Waals surface area contributed by atoms with E-state index >= 15 is 0 Å². The number of hydrogen-bond donors (Lipinski definition) is 1. The van der Waals surface area contributed by atoms with Gasteiger partial charge in [-0.15, -0.1) is 0 Å². The molecule has 0 aliphatic heterocycles. The van der Waals surface area contributed by atoms with Gasteiger partial charge in [-0.05, 0) is 62.2 Å². The van der Waals surface area contributed by atoms with E-state index in [2.05, 4.69) is 5.32 Å². The number of imidazole rings is 1. The van der Waals surface area contributed by atoms with Gasteiger partial charge in [0.2, 0.25) is 5.91 Å². The summed E-state index contributed by atoms with van der Waals surface area (Å²) in [5.74, 6) is 0.810. The molecule has 4 rings (SSSR count). The fraction of sp³-hybridized carbons (Fsp3) is 0.276. The highest BCUT2D eigenvalue weighted by atomic mass is 35.5. The average Bonchev–Trinajstić information content (AvgIpc) is 3.31. The van der Waals surface area contributed by atoms with Crippen molar-refractivity contribution in [1.82, 2.24) is 14.3 Å². The lowest BCUT2D eigenvalue weighted by Gasteiger charge is -2.24. The number of aromatic nitrogens is 2. The number of methoxy groups -OCH3 is 2. The van der Waals surface area contributed by atoms with Crippen LogP contribution in [0.3, 0.4) is 0 Å². The van der Waals surface area contributed by atoms with Crippen molar-refractivity contribution in [2.75, 3.05) is 33.1 Å². The van der Waals surface area contributed by atoms with Gasteiger partial charge in [0.05, 0.1) is 24.9 Å². The summed E-state index contributed by atoms with van der Waals surface area (Å²) in [5.41, 5.74) is 4.12. The van der Waals surface area contributed by atoms with E-state index in [0.29, 0.717) is 27.9 Å². The summed E-state index contributed by atoms with van der Waals surface area (Å²) in [5, 5.41) is 3.27. The molecular weight excluding hydrogens is 520 g/mol. The summed E-state index contributed by atoms with van der Waals surface area (Å²) < 4.78 is 18.0. The first-order chi connectivity index (χ1) is 18.5. The number of hydrogen-bond acceptors (Lipinski definition) is 6. The van der Waals surface area contributed by atoms with Crippen LogP contribution < -0.4 is 14.8 Å². The van der Waals surface area contributed by atoms with Crippen molar-refractivity contribution in [3.05, 3.63) is 65.9 Å². The number of anilines is 1. The Bertz CT molecular complexity index is 1510. The monoisotopic (exact) mass is 550 g/mol. The molecule has 39 heavy (non-hydrogen) atoms. The minimum Gasteiger partial charge on any atom is -0.496 e. The lowest BCUT2D eigenvalue weighted by molar-refractivity contribution is -0.117. The van der Waals surface area contributed by atoms with Crippen molar-refractivity contribution in [2.24, 2.45) is 0 Å². The third-order valence-corrected chi connectivity index (χ3v) is 6.09. The van der Waals surface area contributed by atoms with Crippen LogP contribution >= 0.6 is 11.6 Å². The number of halogens is 1. The predicted molar refractivity (Wildman–Crippen MR) is 152 cm³/mol. The van der Waals surface area contributed by atoms with Crippen molar-refractivity contribution < 1.29 is 23.8 Å². The smallest absolute Gasteiger partial charge is 0.410 e. The predicted octanol–water partition coefficient (Wildman–Crippen LogP) is 6.14. The highest BCUT2D eigenvalue weighted by Crippen LogP contribution is 2.38. The molecule has 1 N–H and O–H groups in total. The Morgan fingerprint density at radius 1 is 1.00 bits per heavy atom. The maximum absolute atomic E-state index is 12.4. The number of amides is 2. The number of fused-ring (bicyclic) bond motifs is 1. The zero-order valence-electron chi connectivity index (χ0n) is 22.7. The van der Waals surface area contributed by atoms with Crippen LogP contribution in [0.25, 0.3) is 28.0 Å². The van der Waals surface area contributed by atoms with Gasteiger partial charge in [0.1, 0.15) is 29.3 Å². The summed E-state index contributed by atoms with van der Waals surface area (Å²) in [4.78, 5) is 30.5. The highest BCUT2D eigenvalue weighted by molar-refractivity contribution is 6.32. The second kappa shape index (κ2) is 11.2. The van der Waals surface area contributed by atoms with E-state index in [1.54, 1.807) is 47.1 Å². The van der Waals surface area contributed by atoms with Crippen LogP contribution in [0.15, 0.2) is 60.9 Å². The number of rotatable bonds is 7. The van der Waals surface area contributed by atoms with Gasteiger partial charge in [0, 0.05) is 36.8 Å². The molecule has 0 aliphatic carbocycles. The van der Waals surface area contributed by atoms with Crippen LogP contribution in [0.4, 0.5) is 10.5 Å². The Hall–Kier alpha value is -4.24. The number of nitrogens with one attached hydrogen (secondary N) is 1. The molecule has 4 aromatic rings. The van der Waals surface area contributed by atoms with Gasteiger partial charge in [-0.3, -0.25) is 4.79 Å². The molecule has 9 nitrogen and oxygen atoms in total. The second-order valence-corrected chi connectivity index (χ2v) is 10.4. The van der Waals surface area contributed by atoms with Crippen molar-refractivity contribution in [1.29, 1.82) is 0 Å². The van der Waals surface area contributed by atoms with Gasteiger partial charge >= 0.3 is 6.09 Å². The summed E-state index contributed by atoms with van der Waals surface area (Å²) in [7, 11) is 4.66. The zero-order valence-corrected chi connectivity index (χ0v) is 23.5. The first-order valence-corrected chi connectivity index (χ1v) is 12.6. The minimum absolute atomic E-state index is 0.125. The quantitative estimate of drug-likeness (QED) is 0.297. The maximum atomic E-state index is 12.4. The van der Waals surface area contributed by atoms with Gasteiger partial charge in [0.15, 0.2) is 0 Å². The number of likely N-dealkylation sites (N-methyl/N-ethyl adjacent to an activating group) is 1. The molecule has 0 saturated carbocycles. The van der Waals surface area contributed by atoms with Crippen LogP contribution in [0.5, 0.6) is 11.5 Å². The number of carbonyl (C=O) groups is 2. The first-order valence-electron chi connectivity index (χ1n) is 12.2. The molecular formula is C29H31ClN4O5. The third kappa shape index (κ3) is 6.61. The van der Waals surface area contributed by atoms with Crippen LogP contribution in [0.2, 0.25) is 5.02 Å². The molecule has 2 aromatic carbocycles. The summed E-state index contributed by atoms with van der Waals surface area (Å²) >= 11 is 6.35. The molecule has 0 bridgehead atoms. The molecule has 204 valence electrons. The van der Waals surface area contributed by atoms with Crippen LogP contribution in [-0.4, -0.2) is 59.7 Å². The molecule has 0 fully saturated rings. The van der Waals surface area contributed by atoms with Crippen LogP contribution in [0.1, 0.15) is 20.8 Å². The highest BCUT2D eigenvalue weighted by Gasteiger charge is 2.21. The van der Waals surface area contributed by atoms with Crippen molar-refractivity contribution in [3.63, 3.8) is 0 Å². The molecule has 0 saturated heterocycles. The van der Waals surface area contributed by atoms with E-state index in [1.807, 2.05) is 53.2 Å². The van der Waals surface area contributed by atoms with Gasteiger partial charge in [-0.1, -0.05) is 23.7 Å². The molecule has 0 radical (unpaired) electrons. The summed E-state index contributed by atoms with van der Waals surface area (Å²) in [6, 6.07) is 14.9. The Morgan fingerprint density at radius 2 is 1.69 bits per heavy atom. The van der Waals surface area contributed by atoms with Crippen LogP contribution in [-0.2, 0) is 9.53 Å². The van der Waals surface area contributed by atoms with Crippen molar-refractivity contribution >= 4 is 34.9 Å². The topological polar surface area (TPSA) is 94.4 Å². The van der Waals surface area contributed by atoms with Crippen molar-refractivity contribution in [3.8, 4) is 33.9 Å². The molecule has 10 heteroatoms. The number of nitrogens with zero attached hydrogens (tertiary/aromatic N) is 3. The maximum Gasteiger partial charge on any atom is 0.410 e. The van der Waals surface area contributed by atoms with Crippen LogP contribution in [0, 0.1) is 0 Å². The largest absolute Gasteiger partial charge is 0.496 e. The number of benzene rings is 2. The second-order valence-electron chi connectivity index (χ2n) is 9.96. The SMILES string of the molecule is COc1cc(OC)c(-c2cn3ccc(-c4ccc(NC(=O)CN(C)C(=O)OC(C)(C)C)cc4)cc3n2)cc1Cl. The Kier molecular flexibility index (Phi) is 8.01. The molecule has 0 aliphatic rings. The van der Waals surface area contributed by atoms with Gasteiger partial charge < -0.3 is 28.8 Å². The molecule has 0 unspecified atom stereocenters. The summed E-state index contributed by atoms with van der Waals surface area (Å²) in [6.45, 7) is 5.20. The van der Waals surface area contributed by atoms with Gasteiger partial charge in [-0.2, -0.15) is 0 Å². The normalized spacial score (nSPS) is 11.3. The van der Waals surface area contributed by atoms with E-state index in [1.165, 1.54) is 11.9 Å². The first kappa shape index (κ1) is 27.8. The Morgan fingerprint density at radius 3 is 2.33 bits per heavy atom. The standard InChI is InChI=1S/C29H31ClN4O5/c1-29(2,3)39-28(36)33(4)17-27(35)31-20-9-7-18(8-10-20)19-11-12-34-16-23(32-26(34)13-19)21-14-22(30)25(38-6)15-24(21)37-5/h7-16H,17H2,1-6H3,(H,31,35). The van der Waals surface area contributed by atoms with Gasteiger partial charge in [0.25, 0.3) is 0 Å². The number of carbonyl (C=O) groups excluding carboxylic acids is 2. The number of pyridine rings is 1. The molecule has 2 aromatic heterocycles. The minimum atomic E-state index is -0.630. The zero-order chi connectivity index (χ0) is 28.3. The fourth-order valence-corrected chi connectivity index (χ4v) is 4.16. The molecule has 2 heterocycles. The molecule has 0 spiro atoms. The van der Waals surface area contributed by atoms with E-state index in [0.717, 1.165) is 22.3 Å². The lowest BCUT2D eigenvalue weighted by Crippen LogP contribution is -2.38. The van der Waals surface area contributed by atoms with E-state index in [4.69, 9.17) is 30.8 Å². The Balaban J connectivity index is 1.48. The van der Waals surface area contributed by atoms with E-state index in [9.17, 15) is 9.59 Å². The fourth-order valence-electron chi connectivity index (χ4n) is 3.92. The average molecular weight is 551 g/mol. The number of ether oxygens (including phenoxy) is 3. The third-order valence-electron chi connectivity index (χ3n) is 5.80. The van der Waals surface area contributed by atoms with E-state index < -0.39 is 11.7 Å². The van der Waals surface area contributed by atoms with E-state index in [-0.39, 0.29) is 12.5 Å². The Labute approximate surface area is 232 Å². The van der Waals surface area contributed by atoms with Crippen molar-refractivity contribution in [2.45, 2.75) is 26.4 Å². The molecule has 0 atom stereocenters. The van der Waals surface area contributed by atoms with Gasteiger partial charge in [-0.25, -0.2) is 9.78 Å². The lowest BCUT2D eigenvalue weighted by atomic mass is 10.1. The summed E-state index contributed by atoms with van der Waals surface area (Å²) in [6.07, 6.45) is 3.28. The molecule has 2 amide bonds.